The third kappa shape index (κ3) is 0.724. The van der Waals surface area contributed by atoms with Gasteiger partial charge in [-0.05, 0) is 5.41 Å². The molecule has 0 aliphatic carbocycles. The van der Waals surface area contributed by atoms with E-state index in [0.29, 0.717) is 0 Å². The lowest BCUT2D eigenvalue weighted by Gasteiger charge is -2.05. The molecule has 0 saturated carbocycles. The van der Waals surface area contributed by atoms with Crippen LogP contribution in [0.4, 0.5) is 0 Å². The zero-order chi connectivity index (χ0) is 6.97. The number of amides is 1. The third-order valence-electron chi connectivity index (χ3n) is 1.36. The lowest BCUT2D eigenvalue weighted by atomic mass is 10.1. The van der Waals surface area contributed by atoms with Crippen LogP contribution >= 0.6 is 11.8 Å². The predicted molar refractivity (Wildman–Crippen MR) is 41.2 cm³/mol. The van der Waals surface area contributed by atoms with Crippen molar-refractivity contribution in [1.29, 1.82) is 0 Å². The summed E-state index contributed by atoms with van der Waals surface area (Å²) in [6.07, 6.45) is 3.14. The lowest BCUT2D eigenvalue weighted by Crippen LogP contribution is -2.18. The van der Waals surface area contributed by atoms with Crippen molar-refractivity contribution in [3.63, 3.8) is 0 Å². The van der Waals surface area contributed by atoms with Gasteiger partial charge >= 0.3 is 0 Å². The molecule has 0 bridgehead atoms. The molecule has 0 N–H and O–H groups in total. The van der Waals surface area contributed by atoms with E-state index in [9.17, 15) is 4.79 Å². The van der Waals surface area contributed by atoms with Gasteiger partial charge in [0.05, 0.1) is 5.04 Å². The van der Waals surface area contributed by atoms with E-state index in [0.717, 1.165) is 5.04 Å². The summed E-state index contributed by atoms with van der Waals surface area (Å²) in [6, 6.07) is 0. The molecule has 2 aliphatic rings. The van der Waals surface area contributed by atoms with Gasteiger partial charge in [0.2, 0.25) is 0 Å². The Hall–Kier alpha value is -0.900. The highest BCUT2D eigenvalue weighted by Gasteiger charge is 2.26. The third-order valence-corrected chi connectivity index (χ3v) is 2.26. The van der Waals surface area contributed by atoms with Gasteiger partial charge in [-0.1, -0.05) is 17.8 Å². The molecule has 0 saturated heterocycles. The number of carbonyl (C=O) groups is 1. The molecule has 0 fully saturated rings. The summed E-state index contributed by atoms with van der Waals surface area (Å²) in [4.78, 5) is 18.4. The first kappa shape index (κ1) is 5.85. The highest BCUT2D eigenvalue weighted by Crippen LogP contribution is 2.26. The molecule has 0 spiro atoms. The van der Waals surface area contributed by atoms with Crippen LogP contribution < -0.4 is 0 Å². The van der Waals surface area contributed by atoms with Crippen LogP contribution in [0.3, 0.4) is 0 Å². The molecule has 0 radical (unpaired) electrons. The van der Waals surface area contributed by atoms with E-state index in [1.165, 1.54) is 18.1 Å². The van der Waals surface area contributed by atoms with Crippen molar-refractivity contribution in [2.24, 2.45) is 15.9 Å². The molecule has 2 heterocycles. The predicted octanol–water partition coefficient (Wildman–Crippen LogP) is 0.830. The Bertz CT molecular complexity index is 267. The maximum absolute atomic E-state index is 10.9. The van der Waals surface area contributed by atoms with Gasteiger partial charge in [0.15, 0.2) is 0 Å². The van der Waals surface area contributed by atoms with Crippen LogP contribution in [0.1, 0.15) is 0 Å². The van der Waals surface area contributed by atoms with Gasteiger partial charge in [0.25, 0.3) is 5.91 Å². The Morgan fingerprint density at radius 1 is 1.60 bits per heavy atom. The van der Waals surface area contributed by atoms with Crippen LogP contribution in [0.25, 0.3) is 0 Å². The van der Waals surface area contributed by atoms with Crippen molar-refractivity contribution in [3.8, 4) is 0 Å². The largest absolute Gasteiger partial charge is 0.271 e. The van der Waals surface area contributed by atoms with E-state index in [1.807, 2.05) is 11.5 Å². The zero-order valence-corrected chi connectivity index (χ0v) is 5.84. The van der Waals surface area contributed by atoms with E-state index in [-0.39, 0.29) is 11.8 Å². The second kappa shape index (κ2) is 2.05. The molecule has 1 amide bonds. The molecule has 50 valence electrons. The number of carbonyl (C=O) groups excluding carboxylic acids is 1. The van der Waals surface area contributed by atoms with Gasteiger partial charge in [-0.2, -0.15) is 0 Å². The zero-order valence-electron chi connectivity index (χ0n) is 5.02. The normalized spacial score (nSPS) is 28.6. The lowest BCUT2D eigenvalue weighted by molar-refractivity contribution is -0.118. The summed E-state index contributed by atoms with van der Waals surface area (Å²) in [7, 11) is 0. The number of nitrogens with zero attached hydrogens (tertiary/aromatic N) is 2. The van der Waals surface area contributed by atoms with E-state index in [4.69, 9.17) is 0 Å². The molecule has 3 nitrogen and oxygen atoms in total. The second-order valence-corrected chi connectivity index (χ2v) is 2.90. The average Bonchev–Trinajstić information content (AvgIpc) is 2.36. The van der Waals surface area contributed by atoms with Crippen LogP contribution in [0.5, 0.6) is 0 Å². The fourth-order valence-corrected chi connectivity index (χ4v) is 1.67. The molecule has 2 rings (SSSR count). The molecule has 0 aromatic rings. The van der Waals surface area contributed by atoms with Crippen molar-refractivity contribution in [2.45, 2.75) is 0 Å². The van der Waals surface area contributed by atoms with Crippen LogP contribution in [-0.2, 0) is 4.79 Å². The molecule has 0 aromatic carbocycles. The quantitative estimate of drug-likeness (QED) is 0.516. The number of rotatable bonds is 0. The molecular formula is C6H4N2OS. The Balaban J connectivity index is 2.40. The average molecular weight is 152 g/mol. The van der Waals surface area contributed by atoms with Crippen molar-refractivity contribution >= 4 is 29.1 Å². The highest BCUT2D eigenvalue weighted by molar-refractivity contribution is 8.16. The number of thioether (sulfide) groups is 1. The van der Waals surface area contributed by atoms with Gasteiger partial charge in [0, 0.05) is 0 Å². The van der Waals surface area contributed by atoms with Gasteiger partial charge in [0.1, 0.15) is 12.3 Å². The molecule has 2 aliphatic heterocycles. The smallest absolute Gasteiger partial charge is 0.260 e. The fraction of sp³-hybridized carbons (Fsp3) is 0.167. The standard InChI is InChI=1S/C6H4N2OS/c9-5-4-1-2-10-6(4)8-3-7-5/h1-4H. The van der Waals surface area contributed by atoms with Crippen LogP contribution in [-0.4, -0.2) is 17.3 Å². The minimum atomic E-state index is -0.171. The van der Waals surface area contributed by atoms with E-state index in [1.54, 1.807) is 0 Å². The van der Waals surface area contributed by atoms with E-state index < -0.39 is 0 Å². The number of fused-ring (bicyclic) bond motifs is 1. The second-order valence-electron chi connectivity index (χ2n) is 1.97. The number of aliphatic imine (C=N–C) groups is 2. The number of hydrogen-bond donors (Lipinski definition) is 0. The monoisotopic (exact) mass is 152 g/mol. The van der Waals surface area contributed by atoms with E-state index in [2.05, 4.69) is 9.98 Å². The minimum Gasteiger partial charge on any atom is -0.271 e. The Morgan fingerprint density at radius 3 is 3.30 bits per heavy atom. The van der Waals surface area contributed by atoms with Crippen LogP contribution in [0.2, 0.25) is 0 Å². The number of hydrogen-bond acceptors (Lipinski definition) is 3. The first-order valence-electron chi connectivity index (χ1n) is 2.85. The summed E-state index contributed by atoms with van der Waals surface area (Å²) in [6.45, 7) is 0. The SMILES string of the molecule is O=C1N=CN=C2SC=CC12. The summed E-state index contributed by atoms with van der Waals surface area (Å²) in [5.74, 6) is -0.277. The Kier molecular flexibility index (Phi) is 1.20. The Labute approximate surface area is 61.9 Å². The topological polar surface area (TPSA) is 41.8 Å². The first-order valence-corrected chi connectivity index (χ1v) is 3.73. The summed E-state index contributed by atoms with van der Waals surface area (Å²) < 4.78 is 0. The van der Waals surface area contributed by atoms with Gasteiger partial charge in [-0.25, -0.2) is 9.98 Å². The summed E-state index contributed by atoms with van der Waals surface area (Å²) >= 11 is 1.49. The summed E-state index contributed by atoms with van der Waals surface area (Å²) in [5, 5.41) is 2.72. The molecule has 4 heteroatoms. The van der Waals surface area contributed by atoms with E-state index >= 15 is 0 Å². The molecule has 1 unspecified atom stereocenters. The maximum atomic E-state index is 10.9. The maximum Gasteiger partial charge on any atom is 0.260 e. The minimum absolute atomic E-state index is 0.105. The molecule has 1 atom stereocenters. The first-order chi connectivity index (χ1) is 4.88. The van der Waals surface area contributed by atoms with Gasteiger partial charge < -0.3 is 0 Å². The highest BCUT2D eigenvalue weighted by atomic mass is 32.2. The van der Waals surface area contributed by atoms with Crippen LogP contribution in [0.15, 0.2) is 21.5 Å². The van der Waals surface area contributed by atoms with Gasteiger partial charge in [-0.3, -0.25) is 4.79 Å². The van der Waals surface area contributed by atoms with Crippen LogP contribution in [0, 0.1) is 5.92 Å². The summed E-state index contributed by atoms with van der Waals surface area (Å²) in [5.41, 5.74) is 0. The molecular weight excluding hydrogens is 148 g/mol. The molecule has 10 heavy (non-hydrogen) atoms. The fourth-order valence-electron chi connectivity index (χ4n) is 0.865. The van der Waals surface area contributed by atoms with Crippen molar-refractivity contribution in [2.75, 3.05) is 0 Å². The Morgan fingerprint density at radius 2 is 2.50 bits per heavy atom. The van der Waals surface area contributed by atoms with Crippen molar-refractivity contribution < 1.29 is 4.79 Å². The van der Waals surface area contributed by atoms with Gasteiger partial charge in [-0.15, -0.1) is 0 Å². The van der Waals surface area contributed by atoms with Crippen molar-refractivity contribution in [3.05, 3.63) is 11.5 Å². The van der Waals surface area contributed by atoms with Crippen molar-refractivity contribution in [1.82, 2.24) is 0 Å². The molecule has 0 aromatic heterocycles.